The van der Waals surface area contributed by atoms with Crippen LogP contribution in [0.5, 0.6) is 0 Å². The van der Waals surface area contributed by atoms with Gasteiger partial charge in [-0.1, -0.05) is 0 Å². The Labute approximate surface area is 78.4 Å². The summed E-state index contributed by atoms with van der Waals surface area (Å²) in [5.74, 6) is 1.24. The van der Waals surface area contributed by atoms with Gasteiger partial charge in [-0.2, -0.15) is 0 Å². The molecule has 1 N–H and O–H groups in total. The van der Waals surface area contributed by atoms with Crippen LogP contribution in [0, 0.1) is 0 Å². The lowest BCUT2D eigenvalue weighted by Crippen LogP contribution is -1.80. The number of alkyl halides is 1. The molecule has 0 spiro atoms. The summed E-state index contributed by atoms with van der Waals surface area (Å²) in [6.07, 6.45) is 1.72. The maximum Gasteiger partial charge on any atom is 0.157 e. The third kappa shape index (κ3) is 1.35. The van der Waals surface area contributed by atoms with E-state index in [4.69, 9.17) is 11.6 Å². The van der Waals surface area contributed by atoms with E-state index in [1.165, 1.54) is 0 Å². The second-order valence-corrected chi connectivity index (χ2v) is 3.25. The Morgan fingerprint density at radius 3 is 3.00 bits per heavy atom. The van der Waals surface area contributed by atoms with Gasteiger partial charge in [0.05, 0.1) is 11.4 Å². The summed E-state index contributed by atoms with van der Waals surface area (Å²) in [7, 11) is 0. The molecule has 0 radical (unpaired) electrons. The van der Waals surface area contributed by atoms with E-state index in [9.17, 15) is 0 Å². The Bertz CT molecular complexity index is 354. The molecule has 0 fully saturated rings. The minimum absolute atomic E-state index is 0.455. The fourth-order valence-electron chi connectivity index (χ4n) is 0.887. The highest BCUT2D eigenvalue weighted by Crippen LogP contribution is 2.15. The molecule has 0 bridgehead atoms. The summed E-state index contributed by atoms with van der Waals surface area (Å²) < 4.78 is 0. The molecule has 0 saturated heterocycles. The molecule has 2 aromatic rings. The molecule has 3 nitrogen and oxygen atoms in total. The fourth-order valence-corrected chi connectivity index (χ4v) is 1.56. The quantitative estimate of drug-likeness (QED) is 0.754. The van der Waals surface area contributed by atoms with Crippen molar-refractivity contribution in [1.82, 2.24) is 15.0 Å². The van der Waals surface area contributed by atoms with Crippen LogP contribution in [0.15, 0.2) is 17.1 Å². The predicted octanol–water partition coefficient (Wildman–Crippen LogP) is 2.27. The second kappa shape index (κ2) is 3.25. The van der Waals surface area contributed by atoms with Crippen LogP contribution in [0.25, 0.3) is 11.5 Å². The van der Waals surface area contributed by atoms with Gasteiger partial charge in [-0.05, 0) is 0 Å². The van der Waals surface area contributed by atoms with Crippen molar-refractivity contribution < 1.29 is 0 Å². The van der Waals surface area contributed by atoms with Crippen LogP contribution >= 0.6 is 22.9 Å². The Hall–Kier alpha value is -0.870. The zero-order valence-corrected chi connectivity index (χ0v) is 7.69. The number of aromatic nitrogens is 3. The van der Waals surface area contributed by atoms with Crippen molar-refractivity contribution in [2.75, 3.05) is 0 Å². The number of hydrogen-bond acceptors (Lipinski definition) is 3. The van der Waals surface area contributed by atoms with Crippen molar-refractivity contribution in [2.24, 2.45) is 0 Å². The number of rotatable bonds is 2. The molecule has 5 heteroatoms. The van der Waals surface area contributed by atoms with Crippen molar-refractivity contribution in [3.05, 3.63) is 22.8 Å². The molecule has 2 aromatic heterocycles. The van der Waals surface area contributed by atoms with Crippen LogP contribution in [-0.4, -0.2) is 15.0 Å². The van der Waals surface area contributed by atoms with Gasteiger partial charge in [0.25, 0.3) is 0 Å². The maximum absolute atomic E-state index is 5.61. The van der Waals surface area contributed by atoms with Gasteiger partial charge in [0.1, 0.15) is 5.69 Å². The third-order valence-electron chi connectivity index (χ3n) is 1.45. The van der Waals surface area contributed by atoms with E-state index >= 15 is 0 Å². The summed E-state index contributed by atoms with van der Waals surface area (Å²) in [6.45, 7) is 0. The molecule has 0 aliphatic carbocycles. The van der Waals surface area contributed by atoms with Crippen molar-refractivity contribution in [2.45, 2.75) is 5.88 Å². The first kappa shape index (κ1) is 7.76. The Morgan fingerprint density at radius 1 is 1.50 bits per heavy atom. The van der Waals surface area contributed by atoms with Crippen molar-refractivity contribution >= 4 is 22.9 Å². The van der Waals surface area contributed by atoms with E-state index in [0.717, 1.165) is 17.2 Å². The Balaban J connectivity index is 2.35. The SMILES string of the molecule is ClCc1cnc(-c2cscn2)[nH]1. The van der Waals surface area contributed by atoms with E-state index in [1.54, 1.807) is 23.0 Å². The average molecular weight is 200 g/mol. The summed E-state index contributed by atoms with van der Waals surface area (Å²) in [4.78, 5) is 11.3. The zero-order chi connectivity index (χ0) is 8.39. The number of nitrogens with zero attached hydrogens (tertiary/aromatic N) is 2. The molecule has 12 heavy (non-hydrogen) atoms. The van der Waals surface area contributed by atoms with Crippen LogP contribution in [0.3, 0.4) is 0 Å². The fraction of sp³-hybridized carbons (Fsp3) is 0.143. The maximum atomic E-state index is 5.61. The van der Waals surface area contributed by atoms with Gasteiger partial charge in [-0.25, -0.2) is 9.97 Å². The highest BCUT2D eigenvalue weighted by atomic mass is 35.5. The van der Waals surface area contributed by atoms with Crippen LogP contribution in [0.1, 0.15) is 5.69 Å². The molecular weight excluding hydrogens is 194 g/mol. The number of H-pyrrole nitrogens is 1. The van der Waals surface area contributed by atoms with Gasteiger partial charge in [0.2, 0.25) is 0 Å². The zero-order valence-electron chi connectivity index (χ0n) is 6.12. The van der Waals surface area contributed by atoms with E-state index in [-0.39, 0.29) is 0 Å². The molecule has 2 heterocycles. The van der Waals surface area contributed by atoms with Gasteiger partial charge < -0.3 is 4.98 Å². The lowest BCUT2D eigenvalue weighted by molar-refractivity contribution is 1.21. The van der Waals surface area contributed by atoms with Crippen molar-refractivity contribution in [3.8, 4) is 11.5 Å². The van der Waals surface area contributed by atoms with Crippen LogP contribution in [-0.2, 0) is 5.88 Å². The third-order valence-corrected chi connectivity index (χ3v) is 2.32. The smallest absolute Gasteiger partial charge is 0.157 e. The molecule has 0 aromatic carbocycles. The van der Waals surface area contributed by atoms with Crippen LogP contribution in [0.4, 0.5) is 0 Å². The van der Waals surface area contributed by atoms with E-state index in [2.05, 4.69) is 15.0 Å². The molecule has 2 rings (SSSR count). The lowest BCUT2D eigenvalue weighted by atomic mass is 10.5. The molecule has 0 aliphatic heterocycles. The number of thiazole rings is 1. The first-order valence-corrected chi connectivity index (χ1v) is 4.86. The molecule has 0 unspecified atom stereocenters. The largest absolute Gasteiger partial charge is 0.340 e. The minimum Gasteiger partial charge on any atom is -0.340 e. The molecular formula is C7H6ClN3S. The predicted molar refractivity (Wildman–Crippen MR) is 49.3 cm³/mol. The highest BCUT2D eigenvalue weighted by Gasteiger charge is 2.03. The summed E-state index contributed by atoms with van der Waals surface area (Å²) >= 11 is 7.16. The van der Waals surface area contributed by atoms with Crippen LogP contribution < -0.4 is 0 Å². The topological polar surface area (TPSA) is 41.6 Å². The first-order chi connectivity index (χ1) is 5.90. The number of aromatic amines is 1. The van der Waals surface area contributed by atoms with Gasteiger partial charge in [-0.3, -0.25) is 0 Å². The molecule has 0 aliphatic rings. The monoisotopic (exact) mass is 199 g/mol. The molecule has 0 saturated carbocycles. The summed E-state index contributed by atoms with van der Waals surface area (Å²) in [5.41, 5.74) is 3.56. The standard InChI is InChI=1S/C7H6ClN3S/c8-1-5-2-9-7(11-5)6-3-12-4-10-6/h2-4H,1H2,(H,9,11). The lowest BCUT2D eigenvalue weighted by Gasteiger charge is -1.87. The summed E-state index contributed by atoms with van der Waals surface area (Å²) in [5, 5.41) is 1.94. The molecule has 0 atom stereocenters. The highest BCUT2D eigenvalue weighted by molar-refractivity contribution is 7.07. The van der Waals surface area contributed by atoms with Crippen molar-refractivity contribution in [1.29, 1.82) is 0 Å². The number of halogens is 1. The van der Waals surface area contributed by atoms with Crippen LogP contribution in [0.2, 0.25) is 0 Å². The van der Waals surface area contributed by atoms with Crippen molar-refractivity contribution in [3.63, 3.8) is 0 Å². The van der Waals surface area contributed by atoms with Gasteiger partial charge in [0.15, 0.2) is 5.82 Å². The summed E-state index contributed by atoms with van der Waals surface area (Å²) in [6, 6.07) is 0. The number of imidazole rings is 1. The molecule has 0 amide bonds. The second-order valence-electron chi connectivity index (χ2n) is 2.26. The van der Waals surface area contributed by atoms with Gasteiger partial charge >= 0.3 is 0 Å². The minimum atomic E-state index is 0.455. The first-order valence-electron chi connectivity index (χ1n) is 3.38. The normalized spacial score (nSPS) is 10.4. The van der Waals surface area contributed by atoms with Gasteiger partial charge in [0, 0.05) is 17.3 Å². The average Bonchev–Trinajstić information content (AvgIpc) is 2.75. The number of hydrogen-bond donors (Lipinski definition) is 1. The van der Waals surface area contributed by atoms with E-state index in [0.29, 0.717) is 5.88 Å². The van der Waals surface area contributed by atoms with E-state index < -0.39 is 0 Å². The van der Waals surface area contributed by atoms with Gasteiger partial charge in [-0.15, -0.1) is 22.9 Å². The number of nitrogens with one attached hydrogen (secondary N) is 1. The van der Waals surface area contributed by atoms with E-state index in [1.807, 2.05) is 5.38 Å². The Morgan fingerprint density at radius 2 is 2.42 bits per heavy atom. The Kier molecular flexibility index (Phi) is 2.10. The molecule has 62 valence electrons.